The fourth-order valence-corrected chi connectivity index (χ4v) is 0.974. The highest BCUT2D eigenvalue weighted by molar-refractivity contribution is 4.85. The molecule has 4 atom stereocenters. The van der Waals surface area contributed by atoms with Crippen molar-refractivity contribution in [3.05, 3.63) is 0 Å². The van der Waals surface area contributed by atoms with E-state index in [0.717, 1.165) is 0 Å². The summed E-state index contributed by atoms with van der Waals surface area (Å²) in [6.07, 6.45) is -3.30. The van der Waals surface area contributed by atoms with Crippen LogP contribution in [0.3, 0.4) is 0 Å². The molecule has 0 amide bonds. The van der Waals surface area contributed by atoms with Crippen molar-refractivity contribution in [3.8, 4) is 0 Å². The van der Waals surface area contributed by atoms with Crippen molar-refractivity contribution in [1.29, 1.82) is 5.72 Å². The molecule has 1 rings (SSSR count). The normalized spacial score (nSPS) is 50.5. The minimum Gasteiger partial charge on any atom is -0.394 e. The molecule has 0 aromatic carbocycles. The van der Waals surface area contributed by atoms with Crippen LogP contribution in [-0.2, 0) is 4.74 Å². The van der Waals surface area contributed by atoms with E-state index < -0.39 is 24.4 Å². The molecule has 4 N–H and O–H groups in total. The number of aliphatic hydroxyl groups is 4. The summed E-state index contributed by atoms with van der Waals surface area (Å²) >= 11 is 0. The summed E-state index contributed by atoms with van der Waals surface area (Å²) < 4.78 is 32.1. The van der Waals surface area contributed by atoms with Crippen LogP contribution in [0.15, 0.2) is 0 Å². The Balaban J connectivity index is 2.65. The zero-order valence-corrected chi connectivity index (χ0v) is 5.76. The van der Waals surface area contributed by atoms with Crippen LogP contribution in [0, 0.1) is 0 Å². The van der Waals surface area contributed by atoms with Crippen LogP contribution in [0.5, 0.6) is 0 Å². The average Bonchev–Trinajstić information content (AvgIpc) is 2.28. The van der Waals surface area contributed by atoms with Gasteiger partial charge in [0.25, 0.3) is 0 Å². The second-order valence-electron chi connectivity index (χ2n) is 2.51. The van der Waals surface area contributed by atoms with Gasteiger partial charge in [0, 0.05) is 0 Å². The van der Waals surface area contributed by atoms with Gasteiger partial charge in [0.2, 0.25) is 5.72 Å². The average molecular weight is 168 g/mol. The van der Waals surface area contributed by atoms with E-state index in [9.17, 15) is 0 Å². The number of aliphatic hydroxyl groups excluding tert-OH is 4. The molecule has 0 saturated carbocycles. The number of ether oxygens (including phenoxy) is 1. The van der Waals surface area contributed by atoms with Crippen LogP contribution in [0.2, 0.25) is 0 Å². The molecule has 11 heavy (non-hydrogen) atoms. The third-order valence-electron chi connectivity index (χ3n) is 1.70. The maximum Gasteiger partial charge on any atom is 0.211 e. The Bertz CT molecular complexity index is 185. The fourth-order valence-electron chi connectivity index (χ4n) is 0.974. The van der Waals surface area contributed by atoms with Gasteiger partial charge < -0.3 is 25.2 Å². The van der Waals surface area contributed by atoms with Crippen molar-refractivity contribution in [2.45, 2.75) is 24.4 Å². The molecular formula is C6H12O5. The van der Waals surface area contributed by atoms with Gasteiger partial charge in [-0.25, -0.2) is 0 Å². The van der Waals surface area contributed by atoms with Crippen molar-refractivity contribution >= 4 is 0 Å². The summed E-state index contributed by atoms with van der Waals surface area (Å²) in [5.74, 6) is 0. The molecule has 0 bridgehead atoms. The topological polar surface area (TPSA) is 90.2 Å². The molecular weight excluding hydrogens is 152 g/mol. The first-order valence-corrected chi connectivity index (χ1v) is 3.34. The largest absolute Gasteiger partial charge is 0.394 e. The third kappa shape index (κ3) is 1.69. The van der Waals surface area contributed by atoms with Gasteiger partial charge in [-0.1, -0.05) is 0 Å². The number of hydrogen-bond donors (Lipinski definition) is 4. The SMILES string of the molecule is [2H]OC[C@H]1OC[C@H](O[2H])[C@@H](O[2H])[C@@H]1O[2H]. The lowest BCUT2D eigenvalue weighted by Gasteiger charge is -2.34. The predicted octanol–water partition coefficient (Wildman–Crippen LogP) is -2.54. The molecule has 0 unspecified atom stereocenters. The summed E-state index contributed by atoms with van der Waals surface area (Å²) in [6.45, 7) is -0.0743. The minimum atomic E-state index is -0.919. The van der Waals surface area contributed by atoms with Gasteiger partial charge >= 0.3 is 0 Å². The van der Waals surface area contributed by atoms with Crippen molar-refractivity contribution < 1.29 is 25.2 Å². The fraction of sp³-hybridized carbons (Fsp3) is 1.00. The van der Waals surface area contributed by atoms with Crippen LogP contribution < -0.4 is 0 Å². The Hall–Kier alpha value is -0.200. The molecule has 1 saturated heterocycles. The number of hydrogen-bond acceptors (Lipinski definition) is 5. The molecule has 0 aromatic heterocycles. The molecule has 0 spiro atoms. The first-order valence-electron chi connectivity index (χ1n) is 4.97. The van der Waals surface area contributed by atoms with Gasteiger partial charge in [-0.3, -0.25) is 0 Å². The Morgan fingerprint density at radius 3 is 2.91 bits per heavy atom. The molecule has 0 aromatic rings. The smallest absolute Gasteiger partial charge is 0.211 e. The summed E-state index contributed by atoms with van der Waals surface area (Å²) in [5, 5.41) is 17.1. The van der Waals surface area contributed by atoms with Crippen LogP contribution in [0.1, 0.15) is 0 Å². The Morgan fingerprint density at radius 1 is 1.36 bits per heavy atom. The van der Waals surface area contributed by atoms with Crippen molar-refractivity contribution in [2.75, 3.05) is 13.2 Å². The van der Waals surface area contributed by atoms with Crippen molar-refractivity contribution in [3.63, 3.8) is 0 Å². The lowest BCUT2D eigenvalue weighted by atomic mass is 10.0. The van der Waals surface area contributed by atoms with Crippen LogP contribution >= 0.6 is 0 Å². The third-order valence-corrected chi connectivity index (χ3v) is 1.70. The standard InChI is InChI=1S/C6H12O5/c7-1-4-6(10)5(9)3(8)2-11-4/h3-10H,1-2H2/t3-,4+,5+,6+/m0/s1/i7D,8D,9D,10D. The molecule has 5 heteroatoms. The van der Waals surface area contributed by atoms with Crippen molar-refractivity contribution in [1.82, 2.24) is 0 Å². The van der Waals surface area contributed by atoms with E-state index in [4.69, 9.17) is 10.5 Å². The molecule has 0 aliphatic carbocycles. The van der Waals surface area contributed by atoms with E-state index in [1.807, 2.05) is 0 Å². The molecule has 1 fully saturated rings. The Morgan fingerprint density at radius 2 is 2.27 bits per heavy atom. The van der Waals surface area contributed by atoms with E-state index >= 15 is 0 Å². The van der Waals surface area contributed by atoms with E-state index in [1.54, 1.807) is 0 Å². The first-order chi connectivity index (χ1) is 7.28. The van der Waals surface area contributed by atoms with Gasteiger partial charge in [-0.2, -0.15) is 0 Å². The maximum atomic E-state index is 6.83. The summed E-state index contributed by atoms with van der Waals surface area (Å²) in [4.78, 5) is 0. The highest BCUT2D eigenvalue weighted by Gasteiger charge is 2.36. The van der Waals surface area contributed by atoms with E-state index in [0.29, 0.717) is 0 Å². The quantitative estimate of drug-likeness (QED) is 0.363. The zero-order valence-electron chi connectivity index (χ0n) is 9.76. The van der Waals surface area contributed by atoms with Crippen molar-refractivity contribution in [2.24, 2.45) is 0 Å². The molecule has 5 nitrogen and oxygen atoms in total. The lowest BCUT2D eigenvalue weighted by molar-refractivity contribution is -0.195. The molecule has 1 aliphatic rings. The Labute approximate surface area is 69.8 Å². The second kappa shape index (κ2) is 3.46. The monoisotopic (exact) mass is 168 g/mol. The number of rotatable bonds is 5. The van der Waals surface area contributed by atoms with E-state index in [1.165, 1.54) is 0 Å². The van der Waals surface area contributed by atoms with Gasteiger partial charge in [-0.05, 0) is 0 Å². The molecule has 1 heterocycles. The van der Waals surface area contributed by atoms with Crippen LogP contribution in [0.25, 0.3) is 0 Å². The predicted molar refractivity (Wildman–Crippen MR) is 34.8 cm³/mol. The highest BCUT2D eigenvalue weighted by atomic mass is 16.5. The molecule has 0 radical (unpaired) electrons. The van der Waals surface area contributed by atoms with Gasteiger partial charge in [-0.15, -0.1) is 0 Å². The van der Waals surface area contributed by atoms with E-state index in [-0.39, 0.29) is 13.2 Å². The second-order valence-corrected chi connectivity index (χ2v) is 2.51. The van der Waals surface area contributed by atoms with Crippen LogP contribution in [-0.4, -0.2) is 63.8 Å². The van der Waals surface area contributed by atoms with Gasteiger partial charge in [0.15, 0.2) is 0 Å². The minimum absolute atomic E-state index is 0.0287. The van der Waals surface area contributed by atoms with Gasteiger partial charge in [0.1, 0.15) is 24.4 Å². The summed E-state index contributed by atoms with van der Waals surface area (Å²) in [5.41, 5.74) is 0. The first kappa shape index (κ1) is 4.74. The molecule has 66 valence electrons. The Kier molecular flexibility index (Phi) is 1.49. The summed E-state index contributed by atoms with van der Waals surface area (Å²) in [7, 11) is 0. The van der Waals surface area contributed by atoms with Gasteiger partial charge in [0.05, 0.1) is 13.2 Å². The van der Waals surface area contributed by atoms with E-state index in [2.05, 4.69) is 20.4 Å². The van der Waals surface area contributed by atoms with Crippen LogP contribution in [0.4, 0.5) is 0 Å². The lowest BCUT2D eigenvalue weighted by Crippen LogP contribution is -2.53. The highest BCUT2D eigenvalue weighted by Crippen LogP contribution is 2.14. The zero-order chi connectivity index (χ0) is 11.3. The molecule has 1 aliphatic heterocycles. The summed E-state index contributed by atoms with van der Waals surface area (Å²) in [6, 6.07) is 0. The maximum absolute atomic E-state index is 6.83.